The van der Waals surface area contributed by atoms with Crippen molar-refractivity contribution in [3.8, 4) is 0 Å². The molecule has 1 aliphatic rings. The van der Waals surface area contributed by atoms with E-state index in [-0.39, 0.29) is 18.6 Å². The van der Waals surface area contributed by atoms with Crippen LogP contribution in [0, 0.1) is 0 Å². The average Bonchev–Trinajstić information content (AvgIpc) is 2.71. The van der Waals surface area contributed by atoms with Gasteiger partial charge in [-0.05, 0) is 41.3 Å². The smallest absolute Gasteiger partial charge is 0.255 e. The fraction of sp³-hybridized carbons (Fsp3) is 0.174. The summed E-state index contributed by atoms with van der Waals surface area (Å²) in [6.07, 6.45) is 0.618. The van der Waals surface area contributed by atoms with Crippen LogP contribution in [0.25, 0.3) is 0 Å². The molecule has 0 aliphatic carbocycles. The molecule has 0 fully saturated rings. The summed E-state index contributed by atoms with van der Waals surface area (Å²) in [6.45, 7) is -0.181. The number of benzene rings is 3. The van der Waals surface area contributed by atoms with E-state index in [4.69, 9.17) is 23.2 Å². The number of amides is 1. The number of carbonyl (C=O) groups is 1. The molecule has 3 aromatic carbocycles. The Morgan fingerprint density at radius 3 is 2.43 bits per heavy atom. The SMILES string of the molecule is O=C1c2ccccc2CC(c2ccc(Cl)cc2Cl)N1C(CO)c1ccccc1. The Morgan fingerprint density at radius 2 is 1.71 bits per heavy atom. The molecule has 0 bridgehead atoms. The number of carbonyl (C=O) groups excluding carboxylic acids is 1. The Bertz CT molecular complexity index is 1010. The summed E-state index contributed by atoms with van der Waals surface area (Å²) in [5, 5.41) is 11.3. The van der Waals surface area contributed by atoms with Crippen molar-refractivity contribution in [2.24, 2.45) is 0 Å². The number of fused-ring (bicyclic) bond motifs is 1. The molecule has 3 nitrogen and oxygen atoms in total. The van der Waals surface area contributed by atoms with Crippen LogP contribution in [0.4, 0.5) is 0 Å². The molecule has 142 valence electrons. The molecule has 5 heteroatoms. The second-order valence-electron chi connectivity index (χ2n) is 6.86. The number of nitrogens with zero attached hydrogens (tertiary/aromatic N) is 1. The number of hydrogen-bond acceptors (Lipinski definition) is 2. The average molecular weight is 412 g/mol. The summed E-state index contributed by atoms with van der Waals surface area (Å²) in [7, 11) is 0. The summed E-state index contributed by atoms with van der Waals surface area (Å²) >= 11 is 12.6. The summed E-state index contributed by atoms with van der Waals surface area (Å²) in [5.74, 6) is -0.110. The minimum atomic E-state index is -0.473. The topological polar surface area (TPSA) is 40.5 Å². The van der Waals surface area contributed by atoms with Gasteiger partial charge in [-0.1, -0.05) is 77.8 Å². The van der Waals surface area contributed by atoms with Gasteiger partial charge in [0.05, 0.1) is 18.7 Å². The van der Waals surface area contributed by atoms with Gasteiger partial charge in [-0.2, -0.15) is 0 Å². The first-order valence-electron chi connectivity index (χ1n) is 9.11. The zero-order valence-electron chi connectivity index (χ0n) is 15.1. The maximum atomic E-state index is 13.5. The summed E-state index contributed by atoms with van der Waals surface area (Å²) in [6, 6.07) is 21.7. The number of rotatable bonds is 4. The second kappa shape index (κ2) is 7.96. The molecular weight excluding hydrogens is 393 g/mol. The largest absolute Gasteiger partial charge is 0.394 e. The van der Waals surface area contributed by atoms with Crippen molar-refractivity contribution in [3.05, 3.63) is 105 Å². The van der Waals surface area contributed by atoms with E-state index in [0.29, 0.717) is 22.0 Å². The second-order valence-corrected chi connectivity index (χ2v) is 7.71. The Hall–Kier alpha value is -2.33. The van der Waals surface area contributed by atoms with Crippen molar-refractivity contribution in [1.82, 2.24) is 4.90 Å². The highest BCUT2D eigenvalue weighted by Gasteiger charge is 2.38. The van der Waals surface area contributed by atoms with Crippen LogP contribution in [-0.4, -0.2) is 22.5 Å². The first-order chi connectivity index (χ1) is 13.6. The standard InChI is InChI=1S/C23H19Cl2NO2/c24-17-10-11-19(20(25)13-17)21-12-16-8-4-5-9-18(16)23(28)26(21)22(14-27)15-6-2-1-3-7-15/h1-11,13,21-22,27H,12,14H2. The maximum absolute atomic E-state index is 13.5. The predicted molar refractivity (Wildman–Crippen MR) is 112 cm³/mol. The number of halogens is 2. The van der Waals surface area contributed by atoms with Gasteiger partial charge in [0.15, 0.2) is 0 Å². The van der Waals surface area contributed by atoms with E-state index in [2.05, 4.69) is 0 Å². The Balaban J connectivity index is 1.87. The zero-order chi connectivity index (χ0) is 19.7. The van der Waals surface area contributed by atoms with Crippen molar-refractivity contribution < 1.29 is 9.90 Å². The van der Waals surface area contributed by atoms with E-state index in [0.717, 1.165) is 16.7 Å². The summed E-state index contributed by atoms with van der Waals surface area (Å²) in [4.78, 5) is 15.3. The molecule has 0 spiro atoms. The monoisotopic (exact) mass is 411 g/mol. The number of aliphatic hydroxyl groups excluding tert-OH is 1. The van der Waals surface area contributed by atoms with Crippen LogP contribution in [0.5, 0.6) is 0 Å². The first-order valence-corrected chi connectivity index (χ1v) is 9.87. The lowest BCUT2D eigenvalue weighted by Gasteiger charge is -2.42. The lowest BCUT2D eigenvalue weighted by Crippen LogP contribution is -2.44. The van der Waals surface area contributed by atoms with Gasteiger partial charge in [0.25, 0.3) is 5.91 Å². The third kappa shape index (κ3) is 3.42. The van der Waals surface area contributed by atoms with Crippen molar-refractivity contribution in [1.29, 1.82) is 0 Å². The normalized spacial score (nSPS) is 17.3. The number of aliphatic hydroxyl groups is 1. The highest BCUT2D eigenvalue weighted by atomic mass is 35.5. The van der Waals surface area contributed by atoms with Crippen molar-refractivity contribution in [2.75, 3.05) is 6.61 Å². The van der Waals surface area contributed by atoms with E-state index >= 15 is 0 Å². The lowest BCUT2D eigenvalue weighted by atomic mass is 9.87. The summed E-state index contributed by atoms with van der Waals surface area (Å²) < 4.78 is 0. The first kappa shape index (κ1) is 19.0. The van der Waals surface area contributed by atoms with Crippen LogP contribution in [0.1, 0.15) is 39.1 Å². The van der Waals surface area contributed by atoms with Crippen molar-refractivity contribution >= 4 is 29.1 Å². The third-order valence-corrected chi connectivity index (χ3v) is 5.81. The van der Waals surface area contributed by atoms with Gasteiger partial charge in [0.2, 0.25) is 0 Å². The molecule has 2 atom stereocenters. The molecule has 3 aromatic rings. The van der Waals surface area contributed by atoms with Gasteiger partial charge in [-0.15, -0.1) is 0 Å². The highest BCUT2D eigenvalue weighted by Crippen LogP contribution is 2.41. The van der Waals surface area contributed by atoms with Crippen LogP contribution in [0.15, 0.2) is 72.8 Å². The molecule has 0 radical (unpaired) electrons. The quantitative estimate of drug-likeness (QED) is 0.618. The molecule has 1 N–H and O–H groups in total. The molecular formula is C23H19Cl2NO2. The van der Waals surface area contributed by atoms with Gasteiger partial charge >= 0.3 is 0 Å². The van der Waals surface area contributed by atoms with Gasteiger partial charge in [-0.25, -0.2) is 0 Å². The predicted octanol–water partition coefficient (Wildman–Crippen LogP) is 5.47. The Kier molecular flexibility index (Phi) is 5.40. The molecule has 0 aromatic heterocycles. The fourth-order valence-electron chi connectivity index (χ4n) is 3.91. The number of hydrogen-bond donors (Lipinski definition) is 1. The van der Waals surface area contributed by atoms with E-state index in [1.54, 1.807) is 17.0 Å². The third-order valence-electron chi connectivity index (χ3n) is 5.25. The van der Waals surface area contributed by atoms with Crippen molar-refractivity contribution in [3.63, 3.8) is 0 Å². The molecule has 2 unspecified atom stereocenters. The van der Waals surface area contributed by atoms with E-state index in [9.17, 15) is 9.90 Å². The van der Waals surface area contributed by atoms with Crippen LogP contribution in [0.3, 0.4) is 0 Å². The molecule has 4 rings (SSSR count). The minimum Gasteiger partial charge on any atom is -0.394 e. The van der Waals surface area contributed by atoms with Gasteiger partial charge in [0.1, 0.15) is 0 Å². The van der Waals surface area contributed by atoms with Crippen LogP contribution >= 0.6 is 23.2 Å². The lowest BCUT2D eigenvalue weighted by molar-refractivity contribution is 0.0418. The van der Waals surface area contributed by atoms with Gasteiger partial charge < -0.3 is 10.0 Å². The molecule has 1 aliphatic heterocycles. The fourth-order valence-corrected chi connectivity index (χ4v) is 4.45. The highest BCUT2D eigenvalue weighted by molar-refractivity contribution is 6.35. The molecule has 0 saturated heterocycles. The molecule has 0 saturated carbocycles. The molecule has 1 amide bonds. The van der Waals surface area contributed by atoms with E-state index < -0.39 is 6.04 Å². The Morgan fingerprint density at radius 1 is 1.00 bits per heavy atom. The minimum absolute atomic E-state index is 0.110. The van der Waals surface area contributed by atoms with Crippen molar-refractivity contribution in [2.45, 2.75) is 18.5 Å². The van der Waals surface area contributed by atoms with Gasteiger partial charge in [-0.3, -0.25) is 4.79 Å². The van der Waals surface area contributed by atoms with E-state index in [1.165, 1.54) is 0 Å². The van der Waals surface area contributed by atoms with Gasteiger partial charge in [0, 0.05) is 15.6 Å². The van der Waals surface area contributed by atoms with E-state index in [1.807, 2.05) is 60.7 Å². The van der Waals surface area contributed by atoms with Crippen LogP contribution < -0.4 is 0 Å². The van der Waals surface area contributed by atoms with Crippen LogP contribution in [-0.2, 0) is 6.42 Å². The summed E-state index contributed by atoms with van der Waals surface area (Å²) in [5.41, 5.74) is 3.35. The zero-order valence-corrected chi connectivity index (χ0v) is 16.6. The Labute approximate surface area is 174 Å². The molecule has 28 heavy (non-hydrogen) atoms. The van der Waals surface area contributed by atoms with Crippen LogP contribution in [0.2, 0.25) is 10.0 Å². The maximum Gasteiger partial charge on any atom is 0.255 e. The molecule has 1 heterocycles.